The molecule has 0 aliphatic heterocycles. The lowest BCUT2D eigenvalue weighted by atomic mass is 9.90. The van der Waals surface area contributed by atoms with E-state index in [9.17, 15) is 0 Å². The molecule has 1 atom stereocenters. The van der Waals surface area contributed by atoms with Gasteiger partial charge in [0, 0.05) is 18.6 Å². The molecule has 2 aromatic carbocycles. The topological polar surface area (TPSA) is 18.5 Å². The molecule has 0 aromatic heterocycles. The summed E-state index contributed by atoms with van der Waals surface area (Å²) in [4.78, 5) is 0. The Bertz CT molecular complexity index is 608. The Hall–Kier alpha value is -1.58. The average Bonchev–Trinajstić information content (AvgIpc) is 2.48. The fourth-order valence-electron chi connectivity index (χ4n) is 2.36. The van der Waals surface area contributed by atoms with Gasteiger partial charge in [-0.1, -0.05) is 42.5 Å². The Balaban J connectivity index is 2.51. The van der Waals surface area contributed by atoms with Crippen molar-refractivity contribution in [3.8, 4) is 5.75 Å². The predicted octanol–water partition coefficient (Wildman–Crippen LogP) is 5.06. The zero-order chi connectivity index (χ0) is 15.2. The molecular formula is C18H19BrO2. The Morgan fingerprint density at radius 3 is 2.57 bits per heavy atom. The maximum Gasteiger partial charge on any atom is 0.188 e. The predicted molar refractivity (Wildman–Crippen MR) is 89.9 cm³/mol. The molecule has 110 valence electrons. The summed E-state index contributed by atoms with van der Waals surface area (Å²) < 4.78 is 11.7. The van der Waals surface area contributed by atoms with Crippen molar-refractivity contribution in [1.82, 2.24) is 0 Å². The quantitative estimate of drug-likeness (QED) is 0.537. The molecule has 0 heterocycles. The molecule has 2 nitrogen and oxygen atoms in total. The summed E-state index contributed by atoms with van der Waals surface area (Å²) in [6.45, 7) is 6.28. The third kappa shape index (κ3) is 3.74. The minimum atomic E-state index is 0.0780. The SMILES string of the molecule is C=CC(c1ccccc1)c1cc(C)cc(Br)c1OCOC. The number of methoxy groups -OCH3 is 1. The van der Waals surface area contributed by atoms with Crippen LogP contribution in [0.3, 0.4) is 0 Å². The fourth-order valence-corrected chi connectivity index (χ4v) is 3.06. The number of allylic oxidation sites excluding steroid dienone is 1. The van der Waals surface area contributed by atoms with Gasteiger partial charge in [-0.3, -0.25) is 0 Å². The third-order valence-corrected chi connectivity index (χ3v) is 3.86. The fraction of sp³-hybridized carbons (Fsp3) is 0.222. The van der Waals surface area contributed by atoms with Crippen LogP contribution in [0.1, 0.15) is 22.6 Å². The third-order valence-electron chi connectivity index (χ3n) is 3.27. The monoisotopic (exact) mass is 346 g/mol. The van der Waals surface area contributed by atoms with Crippen molar-refractivity contribution in [2.24, 2.45) is 0 Å². The van der Waals surface area contributed by atoms with Crippen LogP contribution in [0.25, 0.3) is 0 Å². The van der Waals surface area contributed by atoms with Crippen molar-refractivity contribution in [2.45, 2.75) is 12.8 Å². The van der Waals surface area contributed by atoms with E-state index in [0.29, 0.717) is 0 Å². The highest BCUT2D eigenvalue weighted by Crippen LogP contribution is 2.38. The van der Waals surface area contributed by atoms with Crippen molar-refractivity contribution in [2.75, 3.05) is 13.9 Å². The number of hydrogen-bond donors (Lipinski definition) is 0. The average molecular weight is 347 g/mol. The first-order valence-electron chi connectivity index (χ1n) is 6.76. The minimum absolute atomic E-state index is 0.0780. The Morgan fingerprint density at radius 1 is 1.24 bits per heavy atom. The van der Waals surface area contributed by atoms with Gasteiger partial charge in [-0.15, -0.1) is 6.58 Å². The molecule has 2 aromatic rings. The van der Waals surface area contributed by atoms with Gasteiger partial charge >= 0.3 is 0 Å². The van der Waals surface area contributed by atoms with Crippen LogP contribution in [-0.2, 0) is 4.74 Å². The molecule has 0 bridgehead atoms. The van der Waals surface area contributed by atoms with Crippen LogP contribution in [0.15, 0.2) is 59.6 Å². The van der Waals surface area contributed by atoms with E-state index in [-0.39, 0.29) is 12.7 Å². The molecule has 0 N–H and O–H groups in total. The summed E-state index contributed by atoms with van der Waals surface area (Å²) in [7, 11) is 1.62. The van der Waals surface area contributed by atoms with Gasteiger partial charge in [0.25, 0.3) is 0 Å². The summed E-state index contributed by atoms with van der Waals surface area (Å²) in [6.07, 6.45) is 1.94. The Labute approximate surface area is 134 Å². The van der Waals surface area contributed by atoms with Gasteiger partial charge in [0.05, 0.1) is 4.47 Å². The molecule has 2 rings (SSSR count). The molecule has 1 unspecified atom stereocenters. The zero-order valence-electron chi connectivity index (χ0n) is 12.3. The van der Waals surface area contributed by atoms with Gasteiger partial charge < -0.3 is 9.47 Å². The molecule has 0 spiro atoms. The molecule has 0 radical (unpaired) electrons. The first-order valence-corrected chi connectivity index (χ1v) is 7.56. The molecule has 0 fully saturated rings. The van der Waals surface area contributed by atoms with Crippen LogP contribution in [0, 0.1) is 6.92 Å². The summed E-state index contributed by atoms with van der Waals surface area (Å²) >= 11 is 3.58. The second-order valence-corrected chi connectivity index (χ2v) is 5.69. The molecule has 0 saturated carbocycles. The lowest BCUT2D eigenvalue weighted by Crippen LogP contribution is -2.06. The summed E-state index contributed by atoms with van der Waals surface area (Å²) in [5.74, 6) is 0.880. The number of halogens is 1. The van der Waals surface area contributed by atoms with E-state index >= 15 is 0 Å². The van der Waals surface area contributed by atoms with Gasteiger partial charge in [-0.25, -0.2) is 0 Å². The van der Waals surface area contributed by atoms with Gasteiger partial charge in [0.15, 0.2) is 6.79 Å². The van der Waals surface area contributed by atoms with E-state index < -0.39 is 0 Å². The molecule has 0 aliphatic rings. The standard InChI is InChI=1S/C18H19BrO2/c1-4-15(14-8-6-5-7-9-14)16-10-13(2)11-17(19)18(16)21-12-20-3/h4-11,15H,1,12H2,2-3H3. The van der Waals surface area contributed by atoms with Crippen LogP contribution in [0.4, 0.5) is 0 Å². The Morgan fingerprint density at radius 2 is 1.95 bits per heavy atom. The molecule has 0 aliphatic carbocycles. The molecule has 21 heavy (non-hydrogen) atoms. The van der Waals surface area contributed by atoms with Crippen LogP contribution < -0.4 is 4.74 Å². The van der Waals surface area contributed by atoms with Gasteiger partial charge in [0.1, 0.15) is 5.75 Å². The van der Waals surface area contributed by atoms with Crippen molar-refractivity contribution < 1.29 is 9.47 Å². The maximum atomic E-state index is 5.76. The van der Waals surface area contributed by atoms with Crippen LogP contribution in [0.2, 0.25) is 0 Å². The normalized spacial score (nSPS) is 12.0. The molecule has 0 saturated heterocycles. The highest BCUT2D eigenvalue weighted by atomic mass is 79.9. The van der Waals surface area contributed by atoms with Crippen molar-refractivity contribution >= 4 is 15.9 Å². The summed E-state index contributed by atoms with van der Waals surface area (Å²) in [6, 6.07) is 14.5. The van der Waals surface area contributed by atoms with E-state index in [4.69, 9.17) is 9.47 Å². The van der Waals surface area contributed by atoms with Crippen molar-refractivity contribution in [3.63, 3.8) is 0 Å². The molecule has 0 amide bonds. The first kappa shape index (κ1) is 15.8. The van der Waals surface area contributed by atoms with Crippen molar-refractivity contribution in [1.29, 1.82) is 0 Å². The van der Waals surface area contributed by atoms with Gasteiger partial charge in [-0.2, -0.15) is 0 Å². The summed E-state index contributed by atoms with van der Waals surface area (Å²) in [5, 5.41) is 0. The summed E-state index contributed by atoms with van der Waals surface area (Å²) in [5.41, 5.74) is 3.44. The number of rotatable bonds is 6. The minimum Gasteiger partial charge on any atom is -0.466 e. The zero-order valence-corrected chi connectivity index (χ0v) is 13.9. The van der Waals surface area contributed by atoms with E-state index in [2.05, 4.69) is 47.6 Å². The molecule has 3 heteroatoms. The van der Waals surface area contributed by atoms with Gasteiger partial charge in [-0.05, 0) is 40.0 Å². The number of hydrogen-bond acceptors (Lipinski definition) is 2. The number of benzene rings is 2. The Kier molecular flexibility index (Phi) is 5.59. The number of aryl methyl sites for hydroxylation is 1. The van der Waals surface area contributed by atoms with Crippen LogP contribution >= 0.6 is 15.9 Å². The van der Waals surface area contributed by atoms with E-state index in [1.54, 1.807) is 7.11 Å². The maximum absolute atomic E-state index is 5.76. The van der Waals surface area contributed by atoms with E-state index in [0.717, 1.165) is 15.8 Å². The second-order valence-electron chi connectivity index (χ2n) is 4.84. The van der Waals surface area contributed by atoms with Crippen LogP contribution in [0.5, 0.6) is 5.75 Å². The first-order chi connectivity index (χ1) is 10.2. The lowest BCUT2D eigenvalue weighted by Gasteiger charge is -2.20. The highest BCUT2D eigenvalue weighted by molar-refractivity contribution is 9.10. The van der Waals surface area contributed by atoms with Crippen molar-refractivity contribution in [3.05, 3.63) is 76.3 Å². The highest BCUT2D eigenvalue weighted by Gasteiger charge is 2.18. The largest absolute Gasteiger partial charge is 0.466 e. The second kappa shape index (κ2) is 7.43. The van der Waals surface area contributed by atoms with E-state index in [1.807, 2.05) is 30.3 Å². The van der Waals surface area contributed by atoms with E-state index in [1.165, 1.54) is 11.1 Å². The number of ether oxygens (including phenoxy) is 2. The lowest BCUT2D eigenvalue weighted by molar-refractivity contribution is 0.0498. The van der Waals surface area contributed by atoms with Crippen LogP contribution in [-0.4, -0.2) is 13.9 Å². The van der Waals surface area contributed by atoms with Gasteiger partial charge in [0.2, 0.25) is 0 Å². The smallest absolute Gasteiger partial charge is 0.188 e. The molecular weight excluding hydrogens is 328 g/mol.